The maximum Gasteiger partial charge on any atom is 0.254 e. The second kappa shape index (κ2) is 4.52. The van der Waals surface area contributed by atoms with Gasteiger partial charge in [-0.05, 0) is 56.7 Å². The average molecular weight is 231 g/mol. The van der Waals surface area contributed by atoms with Crippen molar-refractivity contribution in [1.29, 1.82) is 0 Å². The molecule has 1 aliphatic rings. The molecule has 1 amide bonds. The van der Waals surface area contributed by atoms with E-state index in [4.69, 9.17) is 0 Å². The van der Waals surface area contributed by atoms with Crippen molar-refractivity contribution >= 4 is 5.91 Å². The first-order valence-electron chi connectivity index (χ1n) is 6.35. The molecule has 92 valence electrons. The topological polar surface area (TPSA) is 20.3 Å². The van der Waals surface area contributed by atoms with Crippen LogP contribution in [0.4, 0.5) is 0 Å². The van der Waals surface area contributed by atoms with Crippen LogP contribution in [0.2, 0.25) is 0 Å². The van der Waals surface area contributed by atoms with Gasteiger partial charge in [0.15, 0.2) is 0 Å². The van der Waals surface area contributed by atoms with Gasteiger partial charge in [-0.1, -0.05) is 12.1 Å². The van der Waals surface area contributed by atoms with Crippen molar-refractivity contribution in [3.8, 4) is 0 Å². The van der Waals surface area contributed by atoms with Crippen molar-refractivity contribution in [2.75, 3.05) is 7.05 Å². The lowest BCUT2D eigenvalue weighted by Crippen LogP contribution is -2.36. The Morgan fingerprint density at radius 1 is 1.35 bits per heavy atom. The fourth-order valence-corrected chi connectivity index (χ4v) is 2.25. The van der Waals surface area contributed by atoms with Crippen molar-refractivity contribution in [3.63, 3.8) is 0 Å². The molecule has 2 heteroatoms. The van der Waals surface area contributed by atoms with Gasteiger partial charge in [0.25, 0.3) is 5.91 Å². The summed E-state index contributed by atoms with van der Waals surface area (Å²) in [7, 11) is 1.92. The molecule has 0 radical (unpaired) electrons. The summed E-state index contributed by atoms with van der Waals surface area (Å²) in [5.74, 6) is 0.875. The van der Waals surface area contributed by atoms with Crippen LogP contribution in [0.1, 0.15) is 41.3 Å². The number of hydrogen-bond acceptors (Lipinski definition) is 1. The van der Waals surface area contributed by atoms with E-state index in [9.17, 15) is 4.79 Å². The molecule has 2 rings (SSSR count). The molecule has 1 atom stereocenters. The van der Waals surface area contributed by atoms with Crippen LogP contribution >= 0.6 is 0 Å². The first-order valence-corrected chi connectivity index (χ1v) is 6.35. The SMILES string of the molecule is Cc1cccc(C(=O)N(C)C(C)C2CC2)c1C. The molecule has 0 aliphatic heterocycles. The Balaban J connectivity index is 2.21. The van der Waals surface area contributed by atoms with Gasteiger partial charge in [0.05, 0.1) is 0 Å². The van der Waals surface area contributed by atoms with Crippen molar-refractivity contribution in [1.82, 2.24) is 4.90 Å². The number of benzene rings is 1. The summed E-state index contributed by atoms with van der Waals surface area (Å²) in [6, 6.07) is 6.31. The molecule has 1 aliphatic carbocycles. The fourth-order valence-electron chi connectivity index (χ4n) is 2.25. The minimum Gasteiger partial charge on any atom is -0.339 e. The quantitative estimate of drug-likeness (QED) is 0.782. The van der Waals surface area contributed by atoms with Gasteiger partial charge in [0.1, 0.15) is 0 Å². The summed E-state index contributed by atoms with van der Waals surface area (Å²) in [5.41, 5.74) is 3.13. The van der Waals surface area contributed by atoms with Crippen LogP contribution in [0.3, 0.4) is 0 Å². The Morgan fingerprint density at radius 3 is 2.59 bits per heavy atom. The fraction of sp³-hybridized carbons (Fsp3) is 0.533. The molecule has 17 heavy (non-hydrogen) atoms. The summed E-state index contributed by atoms with van der Waals surface area (Å²) >= 11 is 0. The van der Waals surface area contributed by atoms with E-state index in [-0.39, 0.29) is 5.91 Å². The van der Waals surface area contributed by atoms with Crippen molar-refractivity contribution in [2.45, 2.75) is 39.7 Å². The number of rotatable bonds is 3. The van der Waals surface area contributed by atoms with Gasteiger partial charge >= 0.3 is 0 Å². The summed E-state index contributed by atoms with van der Waals surface area (Å²) < 4.78 is 0. The van der Waals surface area contributed by atoms with E-state index in [1.165, 1.54) is 18.4 Å². The lowest BCUT2D eigenvalue weighted by molar-refractivity contribution is 0.0726. The lowest BCUT2D eigenvalue weighted by Gasteiger charge is -2.25. The van der Waals surface area contributed by atoms with Crippen LogP contribution in [-0.4, -0.2) is 23.9 Å². The molecule has 1 aromatic carbocycles. The Morgan fingerprint density at radius 2 is 2.00 bits per heavy atom. The van der Waals surface area contributed by atoms with E-state index >= 15 is 0 Å². The first-order chi connectivity index (χ1) is 8.02. The number of amides is 1. The van der Waals surface area contributed by atoms with Crippen molar-refractivity contribution in [3.05, 3.63) is 34.9 Å². The molecule has 0 spiro atoms. The summed E-state index contributed by atoms with van der Waals surface area (Å²) in [4.78, 5) is 14.3. The third kappa shape index (κ3) is 2.36. The number of nitrogens with zero attached hydrogens (tertiary/aromatic N) is 1. The second-order valence-electron chi connectivity index (χ2n) is 5.24. The number of carbonyl (C=O) groups is 1. The van der Waals surface area contributed by atoms with Crippen molar-refractivity contribution in [2.24, 2.45) is 5.92 Å². The summed E-state index contributed by atoms with van der Waals surface area (Å²) in [6.45, 7) is 6.23. The van der Waals surface area contributed by atoms with Gasteiger partial charge < -0.3 is 4.90 Å². The molecule has 0 aromatic heterocycles. The average Bonchev–Trinajstić information content (AvgIpc) is 3.14. The van der Waals surface area contributed by atoms with Gasteiger partial charge in [-0.3, -0.25) is 4.79 Å². The minimum absolute atomic E-state index is 0.158. The zero-order chi connectivity index (χ0) is 12.6. The van der Waals surface area contributed by atoms with Crippen LogP contribution < -0.4 is 0 Å². The summed E-state index contributed by atoms with van der Waals surface area (Å²) in [6.07, 6.45) is 2.54. The Labute approximate surface area is 104 Å². The van der Waals surface area contributed by atoms with Crippen LogP contribution in [0.25, 0.3) is 0 Å². The number of hydrogen-bond donors (Lipinski definition) is 0. The Hall–Kier alpha value is -1.31. The first kappa shape index (κ1) is 12.2. The van der Waals surface area contributed by atoms with Gasteiger partial charge in [0, 0.05) is 18.7 Å². The molecule has 0 saturated heterocycles. The third-order valence-corrected chi connectivity index (χ3v) is 4.07. The zero-order valence-electron chi connectivity index (χ0n) is 11.2. The largest absolute Gasteiger partial charge is 0.339 e. The lowest BCUT2D eigenvalue weighted by atomic mass is 10.0. The zero-order valence-corrected chi connectivity index (χ0v) is 11.2. The normalized spacial score (nSPS) is 16.7. The monoisotopic (exact) mass is 231 g/mol. The van der Waals surface area contributed by atoms with E-state index in [1.807, 2.05) is 31.0 Å². The Bertz CT molecular complexity index is 435. The van der Waals surface area contributed by atoms with E-state index in [1.54, 1.807) is 0 Å². The van der Waals surface area contributed by atoms with E-state index < -0.39 is 0 Å². The van der Waals surface area contributed by atoms with E-state index in [0.29, 0.717) is 12.0 Å². The highest BCUT2D eigenvalue weighted by molar-refractivity contribution is 5.96. The van der Waals surface area contributed by atoms with E-state index in [0.717, 1.165) is 11.1 Å². The molecule has 0 N–H and O–H groups in total. The molecule has 1 unspecified atom stereocenters. The maximum absolute atomic E-state index is 12.4. The molecule has 1 saturated carbocycles. The van der Waals surface area contributed by atoms with Crippen LogP contribution in [0.5, 0.6) is 0 Å². The molecular weight excluding hydrogens is 210 g/mol. The van der Waals surface area contributed by atoms with E-state index in [2.05, 4.69) is 19.9 Å². The molecule has 1 aromatic rings. The molecule has 0 heterocycles. The van der Waals surface area contributed by atoms with Crippen LogP contribution in [0, 0.1) is 19.8 Å². The second-order valence-corrected chi connectivity index (χ2v) is 5.24. The molecular formula is C15H21NO. The standard InChI is InChI=1S/C15H21NO/c1-10-6-5-7-14(11(10)2)15(17)16(4)12(3)13-8-9-13/h5-7,12-13H,8-9H2,1-4H3. The van der Waals surface area contributed by atoms with Gasteiger partial charge in [-0.25, -0.2) is 0 Å². The number of aryl methyl sites for hydroxylation is 1. The predicted molar refractivity (Wildman–Crippen MR) is 70.2 cm³/mol. The van der Waals surface area contributed by atoms with Gasteiger partial charge in [-0.15, -0.1) is 0 Å². The molecule has 1 fully saturated rings. The number of carbonyl (C=O) groups excluding carboxylic acids is 1. The van der Waals surface area contributed by atoms with Crippen LogP contribution in [0.15, 0.2) is 18.2 Å². The highest BCUT2D eigenvalue weighted by Crippen LogP contribution is 2.35. The molecule has 0 bridgehead atoms. The third-order valence-electron chi connectivity index (χ3n) is 4.07. The highest BCUT2D eigenvalue weighted by Gasteiger charge is 2.32. The Kier molecular flexibility index (Phi) is 3.23. The maximum atomic E-state index is 12.4. The predicted octanol–water partition coefficient (Wildman–Crippen LogP) is 3.17. The summed E-state index contributed by atoms with van der Waals surface area (Å²) in [5, 5.41) is 0. The molecule has 2 nitrogen and oxygen atoms in total. The van der Waals surface area contributed by atoms with Gasteiger partial charge in [0.2, 0.25) is 0 Å². The van der Waals surface area contributed by atoms with Crippen molar-refractivity contribution < 1.29 is 4.79 Å². The smallest absolute Gasteiger partial charge is 0.254 e. The minimum atomic E-state index is 0.158. The van der Waals surface area contributed by atoms with Gasteiger partial charge in [-0.2, -0.15) is 0 Å². The van der Waals surface area contributed by atoms with Crippen LogP contribution in [-0.2, 0) is 0 Å². The highest BCUT2D eigenvalue weighted by atomic mass is 16.2.